The van der Waals surface area contributed by atoms with E-state index in [2.05, 4.69) is 10.4 Å². The van der Waals surface area contributed by atoms with E-state index in [1.807, 2.05) is 6.92 Å². The van der Waals surface area contributed by atoms with Gasteiger partial charge in [0.15, 0.2) is 0 Å². The minimum atomic E-state index is -0.250. The first-order chi connectivity index (χ1) is 11.1. The maximum Gasteiger partial charge on any atom is 0.251 e. The molecule has 2 aromatic rings. The van der Waals surface area contributed by atoms with E-state index in [1.54, 1.807) is 29.2 Å². The number of hydrogen-bond acceptors (Lipinski definition) is 4. The van der Waals surface area contributed by atoms with Crippen molar-refractivity contribution >= 4 is 11.7 Å². The third-order valence-electron chi connectivity index (χ3n) is 3.90. The Kier molecular flexibility index (Phi) is 4.57. The number of nitrogens with one attached hydrogen (secondary N) is 1. The molecule has 0 spiro atoms. The normalized spacial score (nSPS) is 17.3. The lowest BCUT2D eigenvalue weighted by Gasteiger charge is -2.12. The zero-order chi connectivity index (χ0) is 16.2. The van der Waals surface area contributed by atoms with Gasteiger partial charge < -0.3 is 14.6 Å². The largest absolute Gasteiger partial charge is 0.381 e. The van der Waals surface area contributed by atoms with Gasteiger partial charge >= 0.3 is 0 Å². The van der Waals surface area contributed by atoms with Crippen molar-refractivity contribution in [2.45, 2.75) is 26.4 Å². The zero-order valence-corrected chi connectivity index (χ0v) is 13.1. The van der Waals surface area contributed by atoms with Gasteiger partial charge in [0, 0.05) is 37.4 Å². The summed E-state index contributed by atoms with van der Waals surface area (Å²) in [6, 6.07) is 5.07. The first-order valence-electron chi connectivity index (χ1n) is 7.68. The Hall–Kier alpha value is -2.41. The smallest absolute Gasteiger partial charge is 0.251 e. The molecule has 0 aliphatic carbocycles. The van der Waals surface area contributed by atoms with Crippen molar-refractivity contribution in [2.75, 3.05) is 18.5 Å². The lowest BCUT2D eigenvalue weighted by atomic mass is 10.1. The van der Waals surface area contributed by atoms with Gasteiger partial charge in [-0.25, -0.2) is 4.68 Å². The molecule has 1 saturated heterocycles. The van der Waals surface area contributed by atoms with Crippen LogP contribution in [0, 0.1) is 12.8 Å². The van der Waals surface area contributed by atoms with Crippen molar-refractivity contribution in [3.8, 4) is 0 Å². The molecule has 3 rings (SSSR count). The molecule has 2 aromatic heterocycles. The summed E-state index contributed by atoms with van der Waals surface area (Å²) in [4.78, 5) is 24.0. The molecule has 1 amide bonds. The molecule has 7 heteroatoms. The fourth-order valence-corrected chi connectivity index (χ4v) is 2.63. The van der Waals surface area contributed by atoms with Crippen LogP contribution >= 0.6 is 0 Å². The summed E-state index contributed by atoms with van der Waals surface area (Å²) < 4.78 is 8.52. The number of aryl methyl sites for hydroxylation is 1. The lowest BCUT2D eigenvalue weighted by molar-refractivity contribution is -0.116. The Morgan fingerprint density at radius 1 is 1.48 bits per heavy atom. The number of carbonyl (C=O) groups is 1. The molecule has 3 heterocycles. The van der Waals surface area contributed by atoms with Crippen LogP contribution in [0.5, 0.6) is 0 Å². The van der Waals surface area contributed by atoms with Crippen LogP contribution in [0.2, 0.25) is 0 Å². The van der Waals surface area contributed by atoms with Crippen LogP contribution in [0.4, 0.5) is 5.82 Å². The second-order valence-corrected chi connectivity index (χ2v) is 5.85. The number of pyridine rings is 1. The molecule has 1 N–H and O–H groups in total. The number of hydrogen-bond donors (Lipinski definition) is 1. The van der Waals surface area contributed by atoms with Crippen LogP contribution in [-0.2, 0) is 22.6 Å². The van der Waals surface area contributed by atoms with Gasteiger partial charge in [-0.1, -0.05) is 0 Å². The lowest BCUT2D eigenvalue weighted by Crippen LogP contribution is -2.28. The molecule has 1 fully saturated rings. The van der Waals surface area contributed by atoms with Crippen LogP contribution in [0.1, 0.15) is 12.0 Å². The average Bonchev–Trinajstić information content (AvgIpc) is 3.15. The monoisotopic (exact) mass is 316 g/mol. The van der Waals surface area contributed by atoms with Crippen LogP contribution in [0.25, 0.3) is 0 Å². The predicted molar refractivity (Wildman–Crippen MR) is 85.2 cm³/mol. The van der Waals surface area contributed by atoms with Crippen molar-refractivity contribution in [2.24, 2.45) is 5.92 Å². The molecule has 1 unspecified atom stereocenters. The molecule has 1 aliphatic heterocycles. The van der Waals surface area contributed by atoms with Gasteiger partial charge in [-0.15, -0.1) is 0 Å². The Bertz CT molecular complexity index is 744. The minimum Gasteiger partial charge on any atom is -0.381 e. The topological polar surface area (TPSA) is 78.2 Å². The molecular formula is C16H20N4O3. The van der Waals surface area contributed by atoms with Crippen molar-refractivity contribution in [3.63, 3.8) is 0 Å². The highest BCUT2D eigenvalue weighted by Crippen LogP contribution is 2.17. The van der Waals surface area contributed by atoms with E-state index >= 15 is 0 Å². The summed E-state index contributed by atoms with van der Waals surface area (Å²) >= 11 is 0. The molecule has 0 aromatic carbocycles. The molecule has 1 atom stereocenters. The van der Waals surface area contributed by atoms with Gasteiger partial charge in [0.25, 0.3) is 5.56 Å². The van der Waals surface area contributed by atoms with Gasteiger partial charge in [0.05, 0.1) is 12.8 Å². The van der Waals surface area contributed by atoms with Gasteiger partial charge in [-0.05, 0) is 25.0 Å². The SMILES string of the molecule is Cc1ccn(CC(=O)Nc2ccnn2CC2CCOC2)c(=O)c1. The van der Waals surface area contributed by atoms with Crippen molar-refractivity contribution in [1.29, 1.82) is 0 Å². The molecule has 0 bridgehead atoms. The summed E-state index contributed by atoms with van der Waals surface area (Å²) in [5.74, 6) is 0.813. The average molecular weight is 316 g/mol. The third-order valence-corrected chi connectivity index (χ3v) is 3.90. The third kappa shape index (κ3) is 3.87. The van der Waals surface area contributed by atoms with Gasteiger partial charge in [0.1, 0.15) is 12.4 Å². The van der Waals surface area contributed by atoms with Crippen LogP contribution in [0.3, 0.4) is 0 Å². The Morgan fingerprint density at radius 3 is 3.09 bits per heavy atom. The number of aromatic nitrogens is 3. The fraction of sp³-hybridized carbons (Fsp3) is 0.438. The van der Waals surface area contributed by atoms with E-state index in [4.69, 9.17) is 4.74 Å². The summed E-state index contributed by atoms with van der Waals surface area (Å²) in [6.45, 7) is 4.05. The van der Waals surface area contributed by atoms with E-state index in [0.29, 0.717) is 18.3 Å². The highest BCUT2D eigenvalue weighted by molar-refractivity contribution is 5.89. The van der Waals surface area contributed by atoms with Crippen molar-refractivity contribution in [1.82, 2.24) is 14.3 Å². The van der Waals surface area contributed by atoms with E-state index < -0.39 is 0 Å². The van der Waals surface area contributed by atoms with Crippen LogP contribution in [-0.4, -0.2) is 33.5 Å². The predicted octanol–water partition coefficient (Wildman–Crippen LogP) is 1.03. The van der Waals surface area contributed by atoms with Crippen LogP contribution in [0.15, 0.2) is 35.4 Å². The van der Waals surface area contributed by atoms with E-state index in [-0.39, 0.29) is 18.0 Å². The molecule has 122 valence electrons. The number of carbonyl (C=O) groups excluding carboxylic acids is 1. The molecule has 1 aliphatic rings. The number of nitrogens with zero attached hydrogens (tertiary/aromatic N) is 3. The summed E-state index contributed by atoms with van der Waals surface area (Å²) in [5.41, 5.74) is 0.695. The summed E-state index contributed by atoms with van der Waals surface area (Å²) in [6.07, 6.45) is 4.29. The minimum absolute atomic E-state index is 0.0170. The Balaban J connectivity index is 1.63. The molecule has 23 heavy (non-hydrogen) atoms. The van der Waals surface area contributed by atoms with Gasteiger partial charge in [-0.2, -0.15) is 5.10 Å². The van der Waals surface area contributed by atoms with Crippen LogP contribution < -0.4 is 10.9 Å². The Labute approximate surface area is 133 Å². The first-order valence-corrected chi connectivity index (χ1v) is 7.68. The quantitative estimate of drug-likeness (QED) is 0.893. The second-order valence-electron chi connectivity index (χ2n) is 5.85. The fourth-order valence-electron chi connectivity index (χ4n) is 2.63. The van der Waals surface area contributed by atoms with Gasteiger partial charge in [-0.3, -0.25) is 9.59 Å². The van der Waals surface area contributed by atoms with E-state index in [0.717, 1.165) is 25.2 Å². The maximum atomic E-state index is 12.2. The first kappa shape index (κ1) is 15.5. The molecule has 0 saturated carbocycles. The number of anilines is 1. The van der Waals surface area contributed by atoms with E-state index in [9.17, 15) is 9.59 Å². The highest BCUT2D eigenvalue weighted by atomic mass is 16.5. The molecular weight excluding hydrogens is 296 g/mol. The molecule has 7 nitrogen and oxygen atoms in total. The second kappa shape index (κ2) is 6.78. The Morgan fingerprint density at radius 2 is 2.35 bits per heavy atom. The van der Waals surface area contributed by atoms with Gasteiger partial charge in [0.2, 0.25) is 5.91 Å². The summed E-state index contributed by atoms with van der Waals surface area (Å²) in [5, 5.41) is 7.06. The van der Waals surface area contributed by atoms with E-state index in [1.165, 1.54) is 10.6 Å². The van der Waals surface area contributed by atoms with Crippen molar-refractivity contribution in [3.05, 3.63) is 46.5 Å². The summed E-state index contributed by atoms with van der Waals surface area (Å²) in [7, 11) is 0. The number of rotatable bonds is 5. The number of amides is 1. The standard InChI is InChI=1S/C16H20N4O3/c1-12-3-6-19(16(22)8-12)10-15(21)18-14-2-5-17-20(14)9-13-4-7-23-11-13/h2-3,5-6,8,13H,4,7,9-11H2,1H3,(H,18,21). The molecule has 0 radical (unpaired) electrons. The number of ether oxygens (including phenoxy) is 1. The maximum absolute atomic E-state index is 12.2. The van der Waals surface area contributed by atoms with Crippen molar-refractivity contribution < 1.29 is 9.53 Å². The highest BCUT2D eigenvalue weighted by Gasteiger charge is 2.18. The zero-order valence-electron chi connectivity index (χ0n) is 13.1.